The van der Waals surface area contributed by atoms with Gasteiger partial charge in [-0.2, -0.15) is 0 Å². The van der Waals surface area contributed by atoms with E-state index in [0.717, 1.165) is 44.7 Å². The molecular formula is C13H25NO2. The second kappa shape index (κ2) is 6.58. The van der Waals surface area contributed by atoms with Gasteiger partial charge in [-0.15, -0.1) is 0 Å². The maximum absolute atomic E-state index is 5.73. The van der Waals surface area contributed by atoms with E-state index in [1.54, 1.807) is 0 Å². The molecule has 3 unspecified atom stereocenters. The molecule has 0 aromatic heterocycles. The minimum Gasteiger partial charge on any atom is -0.379 e. The molecule has 0 amide bonds. The molecule has 1 heterocycles. The van der Waals surface area contributed by atoms with E-state index < -0.39 is 0 Å². The number of hydrogen-bond donors (Lipinski definition) is 1. The largest absolute Gasteiger partial charge is 0.379 e. The summed E-state index contributed by atoms with van der Waals surface area (Å²) < 4.78 is 11.0. The van der Waals surface area contributed by atoms with Crippen molar-refractivity contribution in [1.82, 2.24) is 5.32 Å². The SMILES string of the molecule is CC1CCCC(NCCOC2CCOC2)C1. The highest BCUT2D eigenvalue weighted by Gasteiger charge is 2.19. The molecular weight excluding hydrogens is 202 g/mol. The third-order valence-corrected chi connectivity index (χ3v) is 3.71. The van der Waals surface area contributed by atoms with Gasteiger partial charge in [0.2, 0.25) is 0 Å². The summed E-state index contributed by atoms with van der Waals surface area (Å²) in [7, 11) is 0. The molecule has 1 saturated heterocycles. The third-order valence-electron chi connectivity index (χ3n) is 3.71. The number of ether oxygens (including phenoxy) is 2. The van der Waals surface area contributed by atoms with Crippen molar-refractivity contribution in [3.05, 3.63) is 0 Å². The van der Waals surface area contributed by atoms with E-state index in [2.05, 4.69) is 12.2 Å². The molecule has 1 aliphatic carbocycles. The van der Waals surface area contributed by atoms with Crippen LogP contribution in [0, 0.1) is 5.92 Å². The second-order valence-electron chi connectivity index (χ2n) is 5.28. The zero-order valence-corrected chi connectivity index (χ0v) is 10.4. The van der Waals surface area contributed by atoms with Crippen LogP contribution in [0.1, 0.15) is 39.0 Å². The van der Waals surface area contributed by atoms with Crippen LogP contribution in [0.2, 0.25) is 0 Å². The zero-order chi connectivity index (χ0) is 11.2. The summed E-state index contributed by atoms with van der Waals surface area (Å²) in [4.78, 5) is 0. The van der Waals surface area contributed by atoms with E-state index in [4.69, 9.17) is 9.47 Å². The standard InChI is InChI=1S/C13H25NO2/c1-11-3-2-4-12(9-11)14-6-8-16-13-5-7-15-10-13/h11-14H,2-10H2,1H3. The van der Waals surface area contributed by atoms with Crippen molar-refractivity contribution < 1.29 is 9.47 Å². The van der Waals surface area contributed by atoms with Crippen molar-refractivity contribution in [3.8, 4) is 0 Å². The molecule has 0 radical (unpaired) electrons. The first-order valence-corrected chi connectivity index (χ1v) is 6.77. The Labute approximate surface area is 98.9 Å². The van der Waals surface area contributed by atoms with Crippen molar-refractivity contribution in [2.24, 2.45) is 5.92 Å². The Balaban J connectivity index is 1.50. The Kier molecular flexibility index (Phi) is 5.07. The summed E-state index contributed by atoms with van der Waals surface area (Å²) in [5.74, 6) is 0.899. The van der Waals surface area contributed by atoms with Crippen LogP contribution < -0.4 is 5.32 Å². The van der Waals surface area contributed by atoms with Crippen LogP contribution in [0.25, 0.3) is 0 Å². The molecule has 1 saturated carbocycles. The van der Waals surface area contributed by atoms with Gasteiger partial charge in [0.05, 0.1) is 19.3 Å². The Hall–Kier alpha value is -0.120. The third kappa shape index (κ3) is 4.04. The summed E-state index contributed by atoms with van der Waals surface area (Å²) in [5.41, 5.74) is 0. The molecule has 0 aromatic rings. The first-order chi connectivity index (χ1) is 7.84. The average molecular weight is 227 g/mol. The number of nitrogens with one attached hydrogen (secondary N) is 1. The van der Waals surface area contributed by atoms with Crippen LogP contribution in [0.3, 0.4) is 0 Å². The van der Waals surface area contributed by atoms with Crippen LogP contribution in [0.15, 0.2) is 0 Å². The number of hydrogen-bond acceptors (Lipinski definition) is 3. The number of rotatable bonds is 5. The van der Waals surface area contributed by atoms with E-state index in [9.17, 15) is 0 Å². The fourth-order valence-electron chi connectivity index (χ4n) is 2.75. The molecule has 2 fully saturated rings. The van der Waals surface area contributed by atoms with Gasteiger partial charge in [-0.3, -0.25) is 0 Å². The lowest BCUT2D eigenvalue weighted by atomic mass is 9.87. The van der Waals surface area contributed by atoms with Crippen molar-refractivity contribution in [3.63, 3.8) is 0 Å². The summed E-state index contributed by atoms with van der Waals surface area (Å²) in [6.45, 7) is 5.85. The Morgan fingerprint density at radius 2 is 2.25 bits per heavy atom. The Bertz CT molecular complexity index is 192. The van der Waals surface area contributed by atoms with E-state index in [-0.39, 0.29) is 0 Å². The van der Waals surface area contributed by atoms with Gasteiger partial charge in [0.25, 0.3) is 0 Å². The van der Waals surface area contributed by atoms with Crippen molar-refractivity contribution in [2.75, 3.05) is 26.4 Å². The lowest BCUT2D eigenvalue weighted by Gasteiger charge is -2.27. The van der Waals surface area contributed by atoms with Crippen LogP contribution in [0.5, 0.6) is 0 Å². The van der Waals surface area contributed by atoms with Gasteiger partial charge in [-0.05, 0) is 25.2 Å². The van der Waals surface area contributed by atoms with Gasteiger partial charge >= 0.3 is 0 Å². The van der Waals surface area contributed by atoms with Gasteiger partial charge in [0, 0.05) is 19.2 Å². The minimum atomic E-state index is 0.354. The summed E-state index contributed by atoms with van der Waals surface area (Å²) in [5, 5.41) is 3.61. The molecule has 3 atom stereocenters. The van der Waals surface area contributed by atoms with E-state index >= 15 is 0 Å². The van der Waals surface area contributed by atoms with Crippen LogP contribution in [-0.4, -0.2) is 38.5 Å². The monoisotopic (exact) mass is 227 g/mol. The topological polar surface area (TPSA) is 30.5 Å². The van der Waals surface area contributed by atoms with Crippen molar-refractivity contribution >= 4 is 0 Å². The Morgan fingerprint density at radius 3 is 3.00 bits per heavy atom. The Morgan fingerprint density at radius 1 is 1.31 bits per heavy atom. The quantitative estimate of drug-likeness (QED) is 0.728. The molecule has 0 spiro atoms. The second-order valence-corrected chi connectivity index (χ2v) is 5.28. The van der Waals surface area contributed by atoms with Gasteiger partial charge < -0.3 is 14.8 Å². The average Bonchev–Trinajstić information content (AvgIpc) is 2.77. The summed E-state index contributed by atoms with van der Waals surface area (Å²) >= 11 is 0. The van der Waals surface area contributed by atoms with Crippen molar-refractivity contribution in [2.45, 2.75) is 51.2 Å². The van der Waals surface area contributed by atoms with E-state index in [1.807, 2.05) is 0 Å². The fourth-order valence-corrected chi connectivity index (χ4v) is 2.75. The normalized spacial score (nSPS) is 35.4. The van der Waals surface area contributed by atoms with E-state index in [1.165, 1.54) is 25.7 Å². The van der Waals surface area contributed by atoms with Gasteiger partial charge in [0.15, 0.2) is 0 Å². The smallest absolute Gasteiger partial charge is 0.0831 e. The summed E-state index contributed by atoms with van der Waals surface area (Å²) in [6, 6.07) is 0.729. The summed E-state index contributed by atoms with van der Waals surface area (Å²) in [6.07, 6.45) is 6.90. The molecule has 0 bridgehead atoms. The molecule has 94 valence electrons. The van der Waals surface area contributed by atoms with Gasteiger partial charge in [0.1, 0.15) is 0 Å². The van der Waals surface area contributed by atoms with Gasteiger partial charge in [-0.25, -0.2) is 0 Å². The first-order valence-electron chi connectivity index (χ1n) is 6.77. The highest BCUT2D eigenvalue weighted by molar-refractivity contribution is 4.75. The van der Waals surface area contributed by atoms with Crippen LogP contribution in [-0.2, 0) is 9.47 Å². The molecule has 0 aromatic carbocycles. The first kappa shape index (κ1) is 12.3. The molecule has 16 heavy (non-hydrogen) atoms. The fraction of sp³-hybridized carbons (Fsp3) is 1.00. The predicted molar refractivity (Wildman–Crippen MR) is 64.6 cm³/mol. The lowest BCUT2D eigenvalue weighted by molar-refractivity contribution is 0.0427. The van der Waals surface area contributed by atoms with Gasteiger partial charge in [-0.1, -0.05) is 19.8 Å². The minimum absolute atomic E-state index is 0.354. The lowest BCUT2D eigenvalue weighted by Crippen LogP contribution is -2.36. The molecule has 3 heteroatoms. The molecule has 2 rings (SSSR count). The zero-order valence-electron chi connectivity index (χ0n) is 10.4. The van der Waals surface area contributed by atoms with E-state index in [0.29, 0.717) is 6.10 Å². The highest BCUT2D eigenvalue weighted by Crippen LogP contribution is 2.23. The van der Waals surface area contributed by atoms with Crippen LogP contribution >= 0.6 is 0 Å². The maximum Gasteiger partial charge on any atom is 0.0831 e. The predicted octanol–water partition coefficient (Wildman–Crippen LogP) is 1.96. The molecule has 1 N–H and O–H groups in total. The highest BCUT2D eigenvalue weighted by atomic mass is 16.5. The molecule has 2 aliphatic rings. The molecule has 1 aliphatic heterocycles. The van der Waals surface area contributed by atoms with Crippen LogP contribution in [0.4, 0.5) is 0 Å². The van der Waals surface area contributed by atoms with Crippen molar-refractivity contribution in [1.29, 1.82) is 0 Å². The maximum atomic E-state index is 5.73. The molecule has 3 nitrogen and oxygen atoms in total.